The van der Waals surface area contributed by atoms with E-state index in [1.54, 1.807) is 6.55 Å². The molecule has 0 aliphatic rings. The van der Waals surface area contributed by atoms with Gasteiger partial charge in [-0.15, -0.1) is 0 Å². The summed E-state index contributed by atoms with van der Waals surface area (Å²) in [5.74, 6) is 0. The lowest BCUT2D eigenvalue weighted by molar-refractivity contribution is 0.0187. The summed E-state index contributed by atoms with van der Waals surface area (Å²) in [5.41, 5.74) is 0. The van der Waals surface area contributed by atoms with Crippen LogP contribution in [0.15, 0.2) is 0 Å². The predicted molar refractivity (Wildman–Crippen MR) is 145 cm³/mol. The van der Waals surface area contributed by atoms with Gasteiger partial charge in [-0.05, 0) is 38.5 Å². The van der Waals surface area contributed by atoms with Crippen molar-refractivity contribution in [3.05, 3.63) is 0 Å². The van der Waals surface area contributed by atoms with Crippen LogP contribution in [0.4, 0.5) is 0 Å². The molecular weight excluding hydrogens is 641 g/mol. The van der Waals surface area contributed by atoms with Gasteiger partial charge in [-0.3, -0.25) is 18.6 Å². The van der Waals surface area contributed by atoms with Crippen molar-refractivity contribution >= 4 is 49.2 Å². The van der Waals surface area contributed by atoms with Crippen LogP contribution >= 0.6 is 22.8 Å². The van der Waals surface area contributed by atoms with E-state index in [1.807, 2.05) is 0 Å². The van der Waals surface area contributed by atoms with Crippen LogP contribution in [-0.4, -0.2) is 128 Å². The Morgan fingerprint density at radius 2 is 1.21 bits per heavy atom. The molecule has 18 nitrogen and oxygen atoms in total. The largest absolute Gasteiger partial charge is 0.671 e. The summed E-state index contributed by atoms with van der Waals surface area (Å²) >= 11 is 0. The van der Waals surface area contributed by atoms with Gasteiger partial charge in [0, 0.05) is 41.6 Å². The van der Waals surface area contributed by atoms with Crippen LogP contribution in [0.3, 0.4) is 0 Å². The van der Waals surface area contributed by atoms with Gasteiger partial charge >= 0.3 is 49.2 Å². The van der Waals surface area contributed by atoms with Crippen LogP contribution in [-0.2, 0) is 44.1 Å². The van der Waals surface area contributed by atoms with Crippen molar-refractivity contribution in [2.24, 2.45) is 0 Å². The van der Waals surface area contributed by atoms with Crippen LogP contribution in [0.5, 0.6) is 0 Å². The highest BCUT2D eigenvalue weighted by molar-refractivity contribution is 7.52. The smallest absolute Gasteiger partial charge is 0.398 e. The molecule has 0 saturated carbocycles. The van der Waals surface area contributed by atoms with Gasteiger partial charge in [0.15, 0.2) is 0 Å². The van der Waals surface area contributed by atoms with Crippen LogP contribution in [0.25, 0.3) is 0 Å². The second-order valence-corrected chi connectivity index (χ2v) is 22.8. The molecule has 0 aromatic carbocycles. The monoisotopic (exact) mass is 684 g/mol. The van der Waals surface area contributed by atoms with E-state index in [0.29, 0.717) is 6.42 Å². The normalized spacial score (nSPS) is 16.8. The molecule has 0 heterocycles. The minimum atomic E-state index is -4.59. The molecule has 2 unspecified atom stereocenters. The first kappa shape index (κ1) is 39.7. The summed E-state index contributed by atoms with van der Waals surface area (Å²) in [6.07, 6.45) is -1.71. The molecule has 0 spiro atoms. The lowest BCUT2D eigenvalue weighted by Crippen LogP contribution is -2.63. The molecule has 0 radical (unpaired) electrons. The molecule has 236 valence electrons. The fourth-order valence-corrected chi connectivity index (χ4v) is 15.8. The zero-order valence-corrected chi connectivity index (χ0v) is 28.6. The van der Waals surface area contributed by atoms with Gasteiger partial charge in [-0.25, -0.2) is 0 Å². The van der Waals surface area contributed by atoms with Crippen molar-refractivity contribution < 1.29 is 73.4 Å². The molecule has 0 fully saturated rings. The molecule has 0 saturated heterocycles. The molecule has 0 amide bonds. The standard InChI is InChI=1S/C15H43N2O16P3Si3/c1-27-37(6,11-8-10-17(14-35(21,22)23)15-36(24,25)26)32-38(28-2,33-39(29-3,30-4)31-5)12-7-9-16-13-34(18,19)20/h16H,7-15H2,1-6H3,(H2,18,19,20)(H2,21,22,23)(H2,24,25,26). The van der Waals surface area contributed by atoms with E-state index in [1.165, 1.54) is 35.5 Å². The fourth-order valence-electron chi connectivity index (χ4n) is 3.38. The van der Waals surface area contributed by atoms with Crippen LogP contribution in [0, 0.1) is 0 Å². The van der Waals surface area contributed by atoms with Gasteiger partial charge in [-0.2, -0.15) is 0 Å². The van der Waals surface area contributed by atoms with Crippen molar-refractivity contribution in [3.63, 3.8) is 0 Å². The van der Waals surface area contributed by atoms with E-state index in [0.717, 1.165) is 4.90 Å². The Bertz CT molecular complexity index is 826. The predicted octanol–water partition coefficient (Wildman–Crippen LogP) is -0.224. The van der Waals surface area contributed by atoms with E-state index in [-0.39, 0.29) is 31.6 Å². The van der Waals surface area contributed by atoms with Crippen molar-refractivity contribution in [2.45, 2.75) is 31.5 Å². The summed E-state index contributed by atoms with van der Waals surface area (Å²) in [4.78, 5) is 56.2. The Kier molecular flexibility index (Phi) is 17.5. The highest BCUT2D eigenvalue weighted by atomic mass is 31.2. The van der Waals surface area contributed by atoms with Gasteiger partial charge in [0.25, 0.3) is 0 Å². The molecule has 39 heavy (non-hydrogen) atoms. The zero-order chi connectivity index (χ0) is 30.6. The summed E-state index contributed by atoms with van der Waals surface area (Å²) in [6, 6.07) is 0.346. The van der Waals surface area contributed by atoms with Crippen LogP contribution in [0.2, 0.25) is 18.6 Å². The van der Waals surface area contributed by atoms with Crippen molar-refractivity contribution in [1.82, 2.24) is 10.2 Å². The molecule has 0 aromatic heterocycles. The third kappa shape index (κ3) is 17.5. The number of rotatable bonds is 23. The summed E-state index contributed by atoms with van der Waals surface area (Å²) in [6.45, 7) is 1.80. The molecule has 0 aliphatic carbocycles. The van der Waals surface area contributed by atoms with E-state index in [2.05, 4.69) is 5.32 Å². The average molecular weight is 685 g/mol. The van der Waals surface area contributed by atoms with E-state index < -0.39 is 68.1 Å². The maximum Gasteiger partial charge on any atom is 0.671 e. The molecule has 7 N–H and O–H groups in total. The highest BCUT2D eigenvalue weighted by Crippen LogP contribution is 2.41. The van der Waals surface area contributed by atoms with E-state index >= 15 is 0 Å². The molecule has 0 bridgehead atoms. The Labute approximate surface area is 231 Å². The first-order valence-corrected chi connectivity index (χ1v) is 22.9. The van der Waals surface area contributed by atoms with Gasteiger partial charge < -0.3 is 65.0 Å². The highest BCUT2D eigenvalue weighted by Gasteiger charge is 2.57. The quantitative estimate of drug-likeness (QED) is 0.0417. The number of nitrogens with one attached hydrogen (secondary N) is 1. The average Bonchev–Trinajstić information content (AvgIpc) is 2.79. The molecule has 2 atom stereocenters. The molecule has 0 aromatic rings. The van der Waals surface area contributed by atoms with Gasteiger partial charge in [0.2, 0.25) is 0 Å². The molecule has 24 heteroatoms. The Hall–Kier alpha value is 0.741. The summed E-state index contributed by atoms with van der Waals surface area (Å²) in [5, 5.41) is 2.64. The third-order valence-electron chi connectivity index (χ3n) is 5.17. The maximum atomic E-state index is 11.4. The Morgan fingerprint density at radius 3 is 1.59 bits per heavy atom. The van der Waals surface area contributed by atoms with Crippen molar-refractivity contribution in [3.8, 4) is 0 Å². The van der Waals surface area contributed by atoms with Gasteiger partial charge in [-0.1, -0.05) is 0 Å². The first-order chi connectivity index (χ1) is 17.7. The number of nitrogens with zero attached hydrogens (tertiary/aromatic N) is 1. The number of hydrogen-bond acceptors (Lipinski definition) is 12. The third-order valence-corrected chi connectivity index (χ3v) is 17.8. The summed E-state index contributed by atoms with van der Waals surface area (Å²) < 4.78 is 74.1. The number of hydrogen-bond donors (Lipinski definition) is 7. The molecular formula is C15H43N2O16P3Si3. The summed E-state index contributed by atoms with van der Waals surface area (Å²) in [7, 11) is -17.4. The second-order valence-electron chi connectivity index (χ2n) is 8.58. The fraction of sp³-hybridized carbons (Fsp3) is 1.00. The SMILES string of the molecule is CO[Si](C)(CCCN(CP(=O)(O)O)CP(=O)(O)O)O[Si](CCCNCP(=O)(O)O)(OC)O[Si](OC)(OC)OC. The second kappa shape index (κ2) is 17.1. The van der Waals surface area contributed by atoms with Crippen molar-refractivity contribution in [1.29, 1.82) is 0 Å². The lowest BCUT2D eigenvalue weighted by atomic mass is 10.4. The van der Waals surface area contributed by atoms with Crippen LogP contribution < -0.4 is 5.32 Å². The molecule has 0 rings (SSSR count). The topological polar surface area (TPSA) is 252 Å². The first-order valence-electron chi connectivity index (χ1n) is 11.4. The zero-order valence-electron chi connectivity index (χ0n) is 22.9. The van der Waals surface area contributed by atoms with Gasteiger partial charge in [0.05, 0.1) is 6.29 Å². The minimum absolute atomic E-state index is 0.0763. The molecule has 0 aliphatic heterocycles. The Balaban J connectivity index is 5.78. The van der Waals surface area contributed by atoms with Crippen molar-refractivity contribution in [2.75, 3.05) is 67.5 Å². The Morgan fingerprint density at radius 1 is 0.692 bits per heavy atom. The van der Waals surface area contributed by atoms with E-state index in [9.17, 15) is 33.3 Å². The minimum Gasteiger partial charge on any atom is -0.398 e. The maximum absolute atomic E-state index is 11.4. The van der Waals surface area contributed by atoms with Gasteiger partial charge in [0.1, 0.15) is 12.6 Å². The van der Waals surface area contributed by atoms with Crippen LogP contribution in [0.1, 0.15) is 12.8 Å². The van der Waals surface area contributed by atoms with E-state index in [4.69, 9.17) is 40.1 Å². The lowest BCUT2D eigenvalue weighted by Gasteiger charge is -2.39.